The number of hydrogen-bond donors (Lipinski definition) is 1. The zero-order valence-electron chi connectivity index (χ0n) is 14.8. The normalized spacial score (nSPS) is 10.9. The van der Waals surface area contributed by atoms with Crippen LogP contribution in [0.2, 0.25) is 5.15 Å². The van der Waals surface area contributed by atoms with E-state index in [-0.39, 0.29) is 17.9 Å². The fourth-order valence-electron chi connectivity index (χ4n) is 2.79. The van der Waals surface area contributed by atoms with E-state index in [2.05, 4.69) is 15.1 Å². The number of carbonyl (C=O) groups is 1. The molecule has 1 aromatic carbocycles. The number of nitrogens with one attached hydrogen (secondary N) is 1. The highest BCUT2D eigenvalue weighted by molar-refractivity contribution is 6.29. The van der Waals surface area contributed by atoms with Crippen molar-refractivity contribution in [2.24, 2.45) is 0 Å². The molecule has 3 heterocycles. The topological polar surface area (TPSA) is 89.3 Å². The van der Waals surface area contributed by atoms with Crippen molar-refractivity contribution < 1.29 is 9.53 Å². The molecule has 0 aliphatic heterocycles. The van der Waals surface area contributed by atoms with E-state index in [0.29, 0.717) is 22.2 Å². The second-order valence-corrected chi connectivity index (χ2v) is 6.55. The van der Waals surface area contributed by atoms with Crippen LogP contribution < -0.4 is 5.56 Å². The van der Waals surface area contributed by atoms with E-state index in [1.165, 1.54) is 16.6 Å². The summed E-state index contributed by atoms with van der Waals surface area (Å²) in [6.07, 6.45) is 0. The minimum Gasteiger partial charge on any atom is -0.456 e. The van der Waals surface area contributed by atoms with Gasteiger partial charge in [-0.2, -0.15) is 0 Å². The molecule has 7 nitrogen and oxygen atoms in total. The maximum atomic E-state index is 12.4. The van der Waals surface area contributed by atoms with Crippen molar-refractivity contribution in [2.45, 2.75) is 13.5 Å². The first kappa shape index (κ1) is 17.9. The number of hydrogen-bond acceptors (Lipinski definition) is 5. The molecule has 0 aliphatic rings. The lowest BCUT2D eigenvalue weighted by atomic mass is 10.1. The Morgan fingerprint density at radius 1 is 1.14 bits per heavy atom. The van der Waals surface area contributed by atoms with Crippen molar-refractivity contribution in [1.82, 2.24) is 19.6 Å². The van der Waals surface area contributed by atoms with E-state index in [4.69, 9.17) is 16.3 Å². The number of halogens is 1. The lowest BCUT2D eigenvalue weighted by Gasteiger charge is -2.06. The predicted octanol–water partition coefficient (Wildman–Crippen LogP) is 3.40. The van der Waals surface area contributed by atoms with Gasteiger partial charge < -0.3 is 4.74 Å². The summed E-state index contributed by atoms with van der Waals surface area (Å²) in [5.74, 6) is -0.597. The molecule has 4 rings (SSSR count). The minimum absolute atomic E-state index is 0.0434. The molecule has 1 N–H and O–H groups in total. The molecule has 0 unspecified atom stereocenters. The fourth-order valence-corrected chi connectivity index (χ4v) is 2.98. The third-order valence-corrected chi connectivity index (χ3v) is 4.47. The first-order chi connectivity index (χ1) is 13.5. The first-order valence-corrected chi connectivity index (χ1v) is 8.86. The summed E-state index contributed by atoms with van der Waals surface area (Å²) in [5, 5.41) is 3.11. The summed E-state index contributed by atoms with van der Waals surface area (Å²) in [6.45, 7) is 1.83. The Hall–Kier alpha value is -3.45. The van der Waals surface area contributed by atoms with Crippen molar-refractivity contribution in [3.8, 4) is 11.3 Å². The van der Waals surface area contributed by atoms with E-state index in [9.17, 15) is 9.59 Å². The summed E-state index contributed by atoms with van der Waals surface area (Å²) in [6, 6.07) is 15.6. The molecule has 0 atom stereocenters. The number of esters is 1. The van der Waals surface area contributed by atoms with Gasteiger partial charge in [-0.05, 0) is 13.0 Å². The molecule has 0 spiro atoms. The Balaban J connectivity index is 1.59. The molecular weight excluding hydrogens is 380 g/mol. The number of aryl methyl sites for hydroxylation is 1. The summed E-state index contributed by atoms with van der Waals surface area (Å²) in [5.41, 5.74) is 2.93. The number of aromatic nitrogens is 4. The summed E-state index contributed by atoms with van der Waals surface area (Å²) < 4.78 is 6.53. The van der Waals surface area contributed by atoms with Gasteiger partial charge in [0.2, 0.25) is 0 Å². The van der Waals surface area contributed by atoms with Crippen molar-refractivity contribution in [2.75, 3.05) is 0 Å². The number of fused-ring (bicyclic) bond motifs is 1. The largest absolute Gasteiger partial charge is 0.456 e. The molecule has 0 aliphatic carbocycles. The van der Waals surface area contributed by atoms with E-state index < -0.39 is 5.97 Å². The third kappa shape index (κ3) is 3.52. The number of nitrogens with zero attached hydrogens (tertiary/aromatic N) is 3. The Bertz CT molecular complexity index is 1230. The van der Waals surface area contributed by atoms with Gasteiger partial charge in [0.1, 0.15) is 17.5 Å². The summed E-state index contributed by atoms with van der Waals surface area (Å²) in [4.78, 5) is 33.3. The predicted molar refractivity (Wildman–Crippen MR) is 104 cm³/mol. The number of benzene rings is 1. The zero-order chi connectivity index (χ0) is 19.7. The van der Waals surface area contributed by atoms with Crippen LogP contribution in [-0.2, 0) is 11.3 Å². The molecule has 0 amide bonds. The molecule has 0 radical (unpaired) electrons. The van der Waals surface area contributed by atoms with Crippen molar-refractivity contribution >= 4 is 23.2 Å². The second kappa shape index (κ2) is 7.28. The molecule has 0 fully saturated rings. The molecule has 8 heteroatoms. The Labute approximate surface area is 164 Å². The summed E-state index contributed by atoms with van der Waals surface area (Å²) >= 11 is 5.83. The van der Waals surface area contributed by atoms with E-state index in [0.717, 1.165) is 11.1 Å². The third-order valence-electron chi connectivity index (χ3n) is 4.26. The lowest BCUT2D eigenvalue weighted by Crippen LogP contribution is -2.15. The van der Waals surface area contributed by atoms with E-state index in [1.54, 1.807) is 19.1 Å². The number of rotatable bonds is 4. The van der Waals surface area contributed by atoms with Crippen LogP contribution in [0.1, 0.15) is 21.7 Å². The molecule has 3 aromatic heterocycles. The standard InChI is InChI=1S/C20H15ClN4O3/c1-12-14(7-8-17(21)22-12)11-28-20(27)16-9-18-23-15(10-19(26)25(18)24-16)13-5-3-2-4-6-13/h2-10,24H,11H2,1H3. The minimum atomic E-state index is -0.597. The van der Waals surface area contributed by atoms with Gasteiger partial charge in [-0.25, -0.2) is 19.3 Å². The van der Waals surface area contributed by atoms with Gasteiger partial charge >= 0.3 is 5.97 Å². The Morgan fingerprint density at radius 3 is 2.68 bits per heavy atom. The van der Waals surface area contributed by atoms with Gasteiger partial charge in [-0.15, -0.1) is 0 Å². The molecule has 0 saturated carbocycles. The number of ether oxygens (including phenoxy) is 1. The van der Waals surface area contributed by atoms with Crippen LogP contribution in [0.5, 0.6) is 0 Å². The quantitative estimate of drug-likeness (QED) is 0.423. The summed E-state index contributed by atoms with van der Waals surface area (Å²) in [7, 11) is 0. The van der Waals surface area contributed by atoms with Crippen LogP contribution in [-0.4, -0.2) is 25.6 Å². The van der Waals surface area contributed by atoms with E-state index in [1.807, 2.05) is 30.3 Å². The average molecular weight is 395 g/mol. The monoisotopic (exact) mass is 394 g/mol. The Kier molecular flexibility index (Phi) is 4.67. The molecule has 4 aromatic rings. The number of H-pyrrole nitrogens is 1. The molecule has 140 valence electrons. The van der Waals surface area contributed by atoms with Crippen LogP contribution in [0.25, 0.3) is 16.9 Å². The smallest absolute Gasteiger partial charge is 0.356 e. The number of aromatic amines is 1. The number of pyridine rings is 1. The first-order valence-electron chi connectivity index (χ1n) is 8.48. The molecule has 0 bridgehead atoms. The van der Waals surface area contributed by atoms with Crippen molar-refractivity contribution in [3.63, 3.8) is 0 Å². The highest BCUT2D eigenvalue weighted by Gasteiger charge is 2.15. The maximum absolute atomic E-state index is 12.4. The van der Waals surface area contributed by atoms with Crippen molar-refractivity contribution in [3.05, 3.63) is 87.1 Å². The fraction of sp³-hybridized carbons (Fsp3) is 0.100. The van der Waals surface area contributed by atoms with Crippen molar-refractivity contribution in [1.29, 1.82) is 0 Å². The van der Waals surface area contributed by atoms with Crippen LogP contribution in [0.3, 0.4) is 0 Å². The van der Waals surface area contributed by atoms with Gasteiger partial charge in [-0.3, -0.25) is 9.89 Å². The van der Waals surface area contributed by atoms with Gasteiger partial charge in [0.25, 0.3) is 5.56 Å². The zero-order valence-corrected chi connectivity index (χ0v) is 15.6. The average Bonchev–Trinajstić information content (AvgIpc) is 3.13. The van der Waals surface area contributed by atoms with Gasteiger partial charge in [0.15, 0.2) is 5.65 Å². The highest BCUT2D eigenvalue weighted by Crippen LogP contribution is 2.16. The molecular formula is C20H15ClN4O3. The van der Waals surface area contributed by atoms with Crippen LogP contribution in [0.15, 0.2) is 59.4 Å². The van der Waals surface area contributed by atoms with Crippen LogP contribution >= 0.6 is 11.6 Å². The molecule has 28 heavy (non-hydrogen) atoms. The van der Waals surface area contributed by atoms with Crippen LogP contribution in [0, 0.1) is 6.92 Å². The SMILES string of the molecule is Cc1nc(Cl)ccc1COC(=O)c1cc2nc(-c3ccccc3)cc(=O)n2[nH]1. The molecule has 0 saturated heterocycles. The number of carbonyl (C=O) groups excluding carboxylic acids is 1. The lowest BCUT2D eigenvalue weighted by molar-refractivity contribution is 0.0464. The van der Waals surface area contributed by atoms with E-state index >= 15 is 0 Å². The maximum Gasteiger partial charge on any atom is 0.356 e. The highest BCUT2D eigenvalue weighted by atomic mass is 35.5. The Morgan fingerprint density at radius 2 is 1.93 bits per heavy atom. The van der Waals surface area contributed by atoms with Gasteiger partial charge in [-0.1, -0.05) is 48.0 Å². The van der Waals surface area contributed by atoms with Gasteiger partial charge in [0, 0.05) is 29.0 Å². The van der Waals surface area contributed by atoms with Crippen LogP contribution in [0.4, 0.5) is 0 Å². The second-order valence-electron chi connectivity index (χ2n) is 6.16. The van der Waals surface area contributed by atoms with Gasteiger partial charge in [0.05, 0.1) is 5.69 Å².